The highest BCUT2D eigenvalue weighted by molar-refractivity contribution is 6.34. The molecule has 0 heterocycles. The van der Waals surface area contributed by atoms with E-state index in [1.165, 1.54) is 6.42 Å². The third-order valence-electron chi connectivity index (χ3n) is 6.53. The van der Waals surface area contributed by atoms with Crippen LogP contribution in [0.4, 0.5) is 5.69 Å². The fourth-order valence-electron chi connectivity index (χ4n) is 4.17. The fraction of sp³-hybridized carbons (Fsp3) is 0.296. The molecule has 3 N–H and O–H groups in total. The number of aromatic carboxylic acids is 1. The number of likely N-dealkylation sites (N-methyl/N-ethyl adjacent to an activating group) is 1. The number of halogens is 1. The average molecular weight is 478 g/mol. The average Bonchev–Trinajstić information content (AvgIpc) is 2.78. The van der Waals surface area contributed by atoms with Gasteiger partial charge in [-0.3, -0.25) is 4.79 Å². The van der Waals surface area contributed by atoms with Crippen molar-refractivity contribution in [3.05, 3.63) is 93.1 Å². The van der Waals surface area contributed by atoms with Gasteiger partial charge in [0, 0.05) is 30.8 Å². The summed E-state index contributed by atoms with van der Waals surface area (Å²) in [6.07, 6.45) is 5.34. The van der Waals surface area contributed by atoms with Gasteiger partial charge in [-0.05, 0) is 62.1 Å². The van der Waals surface area contributed by atoms with Gasteiger partial charge in [-0.1, -0.05) is 36.4 Å². The van der Waals surface area contributed by atoms with E-state index in [4.69, 9.17) is 11.6 Å². The number of carbonyl (C=O) groups is 2. The SMILES string of the molecule is Cc1cccc(Cl)c1C(=O)NC1=C(N(C)c2ccc(C(=O)O)cc2)C=C=C(NC2CCC2)C1C. The molecule has 1 amide bonds. The van der Waals surface area contributed by atoms with Crippen LogP contribution in [0.2, 0.25) is 5.02 Å². The maximum atomic E-state index is 13.3. The van der Waals surface area contributed by atoms with Crippen molar-refractivity contribution in [3.8, 4) is 0 Å². The van der Waals surface area contributed by atoms with Gasteiger partial charge in [0.15, 0.2) is 0 Å². The van der Waals surface area contributed by atoms with Crippen LogP contribution in [0.1, 0.15) is 52.5 Å². The molecule has 2 aliphatic rings. The molecule has 2 aromatic rings. The number of hydrogen-bond donors (Lipinski definition) is 3. The lowest BCUT2D eigenvalue weighted by Crippen LogP contribution is -2.40. The van der Waals surface area contributed by atoms with E-state index in [1.807, 2.05) is 44.0 Å². The van der Waals surface area contributed by atoms with Crippen LogP contribution < -0.4 is 15.5 Å². The molecular formula is C27H28ClN3O3. The molecule has 34 heavy (non-hydrogen) atoms. The molecule has 0 saturated heterocycles. The molecular weight excluding hydrogens is 450 g/mol. The molecule has 0 radical (unpaired) electrons. The molecule has 4 rings (SSSR count). The number of carboxylic acid groups (broad SMARTS) is 1. The molecule has 6 nitrogen and oxygen atoms in total. The highest BCUT2D eigenvalue weighted by Gasteiger charge is 2.28. The molecule has 1 unspecified atom stereocenters. The number of hydrogen-bond acceptors (Lipinski definition) is 4. The molecule has 0 aliphatic heterocycles. The maximum absolute atomic E-state index is 13.3. The molecule has 7 heteroatoms. The van der Waals surface area contributed by atoms with Crippen LogP contribution >= 0.6 is 11.6 Å². The van der Waals surface area contributed by atoms with Crippen molar-refractivity contribution in [2.45, 2.75) is 39.2 Å². The number of carbonyl (C=O) groups excluding carboxylic acids is 1. The summed E-state index contributed by atoms with van der Waals surface area (Å²) in [4.78, 5) is 26.5. The zero-order valence-corrected chi connectivity index (χ0v) is 20.2. The van der Waals surface area contributed by atoms with Crippen molar-refractivity contribution < 1.29 is 14.7 Å². The topological polar surface area (TPSA) is 81.7 Å². The number of amides is 1. The summed E-state index contributed by atoms with van der Waals surface area (Å²) >= 11 is 6.36. The Morgan fingerprint density at radius 3 is 2.44 bits per heavy atom. The lowest BCUT2D eigenvalue weighted by molar-refractivity contribution is 0.0696. The molecule has 176 valence electrons. The van der Waals surface area contributed by atoms with Crippen molar-refractivity contribution in [1.29, 1.82) is 0 Å². The van der Waals surface area contributed by atoms with Gasteiger partial charge in [-0.2, -0.15) is 0 Å². The van der Waals surface area contributed by atoms with Crippen molar-refractivity contribution in [2.24, 2.45) is 5.92 Å². The van der Waals surface area contributed by atoms with Crippen molar-refractivity contribution >= 4 is 29.2 Å². The van der Waals surface area contributed by atoms with Crippen LogP contribution in [0.25, 0.3) is 0 Å². The Kier molecular flexibility index (Phi) is 6.82. The van der Waals surface area contributed by atoms with Gasteiger partial charge in [0.25, 0.3) is 5.91 Å². The number of carboxylic acids is 1. The monoisotopic (exact) mass is 477 g/mol. The molecule has 1 saturated carbocycles. The summed E-state index contributed by atoms with van der Waals surface area (Å²) in [5.41, 5.74) is 8.07. The minimum atomic E-state index is -0.975. The number of aryl methyl sites for hydroxylation is 1. The number of anilines is 1. The second-order valence-corrected chi connectivity index (χ2v) is 9.20. The lowest BCUT2D eigenvalue weighted by atomic mass is 9.90. The highest BCUT2D eigenvalue weighted by Crippen LogP contribution is 2.31. The zero-order chi connectivity index (χ0) is 24.4. The molecule has 0 aromatic heterocycles. The van der Waals surface area contributed by atoms with Crippen molar-refractivity contribution in [3.63, 3.8) is 0 Å². The van der Waals surface area contributed by atoms with E-state index in [1.54, 1.807) is 30.3 Å². The van der Waals surface area contributed by atoms with Crippen LogP contribution in [0.5, 0.6) is 0 Å². The maximum Gasteiger partial charge on any atom is 0.335 e. The number of nitrogens with one attached hydrogen (secondary N) is 2. The van der Waals surface area contributed by atoms with Crippen LogP contribution in [0.15, 0.2) is 71.4 Å². The Morgan fingerprint density at radius 1 is 1.15 bits per heavy atom. The number of nitrogens with zero attached hydrogens (tertiary/aromatic N) is 1. The van der Waals surface area contributed by atoms with Gasteiger partial charge in [-0.25, -0.2) is 4.79 Å². The predicted octanol–water partition coefficient (Wildman–Crippen LogP) is 5.26. The van der Waals surface area contributed by atoms with E-state index in [-0.39, 0.29) is 17.4 Å². The minimum Gasteiger partial charge on any atom is -0.478 e. The van der Waals surface area contributed by atoms with Gasteiger partial charge < -0.3 is 20.6 Å². The van der Waals surface area contributed by atoms with Crippen LogP contribution in [-0.2, 0) is 0 Å². The zero-order valence-electron chi connectivity index (χ0n) is 19.5. The molecule has 2 aliphatic carbocycles. The van der Waals surface area contributed by atoms with E-state index in [2.05, 4.69) is 16.4 Å². The van der Waals surface area contributed by atoms with Gasteiger partial charge in [0.2, 0.25) is 0 Å². The van der Waals surface area contributed by atoms with Crippen molar-refractivity contribution in [2.75, 3.05) is 11.9 Å². The summed E-state index contributed by atoms with van der Waals surface area (Å²) in [5, 5.41) is 16.3. The summed E-state index contributed by atoms with van der Waals surface area (Å²) in [5.74, 6) is -1.37. The van der Waals surface area contributed by atoms with E-state index in [0.717, 1.165) is 41.2 Å². The number of allylic oxidation sites excluding steroid dienone is 1. The van der Waals surface area contributed by atoms with Crippen LogP contribution in [0, 0.1) is 12.8 Å². The Balaban J connectivity index is 1.71. The van der Waals surface area contributed by atoms with Crippen LogP contribution in [-0.4, -0.2) is 30.1 Å². The van der Waals surface area contributed by atoms with E-state index in [0.29, 0.717) is 16.6 Å². The quantitative estimate of drug-likeness (QED) is 0.474. The summed E-state index contributed by atoms with van der Waals surface area (Å²) in [6, 6.07) is 12.5. The number of benzene rings is 2. The summed E-state index contributed by atoms with van der Waals surface area (Å²) in [6.45, 7) is 3.90. The van der Waals surface area contributed by atoms with Gasteiger partial charge >= 0.3 is 5.97 Å². The second-order valence-electron chi connectivity index (χ2n) is 8.79. The Labute approximate surface area is 204 Å². The van der Waals surface area contributed by atoms with Gasteiger partial charge in [-0.15, -0.1) is 0 Å². The van der Waals surface area contributed by atoms with Gasteiger partial charge in [0.05, 0.1) is 33.2 Å². The third-order valence-corrected chi connectivity index (χ3v) is 6.85. The third kappa shape index (κ3) is 4.74. The van der Waals surface area contributed by atoms with Crippen LogP contribution in [0.3, 0.4) is 0 Å². The molecule has 1 atom stereocenters. The standard InChI is InChI=1S/C27H28ClN3O3/c1-16-6-4-9-21(28)24(16)26(32)30-25-17(2)22(29-19-7-5-8-19)14-15-23(25)31(3)20-12-10-18(11-13-20)27(33)34/h4,6,9-13,15,17,19,29H,5,7-8H2,1-3H3,(H,30,32)(H,33,34). The Hall–Kier alpha value is -3.47. The largest absolute Gasteiger partial charge is 0.478 e. The van der Waals surface area contributed by atoms with E-state index in [9.17, 15) is 14.7 Å². The van der Waals surface area contributed by atoms with E-state index < -0.39 is 5.97 Å². The normalized spacial score (nSPS) is 17.6. The first-order valence-electron chi connectivity index (χ1n) is 11.4. The summed E-state index contributed by atoms with van der Waals surface area (Å²) < 4.78 is 0. The number of rotatable bonds is 7. The highest BCUT2D eigenvalue weighted by atomic mass is 35.5. The van der Waals surface area contributed by atoms with E-state index >= 15 is 0 Å². The molecule has 0 spiro atoms. The first kappa shape index (κ1) is 23.7. The molecule has 0 bridgehead atoms. The lowest BCUT2D eigenvalue weighted by Gasteiger charge is -2.34. The molecule has 1 fully saturated rings. The molecule has 2 aromatic carbocycles. The minimum absolute atomic E-state index is 0.131. The summed E-state index contributed by atoms with van der Waals surface area (Å²) in [7, 11) is 1.88. The second kappa shape index (κ2) is 9.80. The van der Waals surface area contributed by atoms with Gasteiger partial charge in [0.1, 0.15) is 0 Å². The first-order chi connectivity index (χ1) is 16.3. The Bertz CT molecular complexity index is 1200. The smallest absolute Gasteiger partial charge is 0.335 e. The fourth-order valence-corrected chi connectivity index (χ4v) is 4.48. The first-order valence-corrected chi connectivity index (χ1v) is 11.7. The van der Waals surface area contributed by atoms with Crippen molar-refractivity contribution in [1.82, 2.24) is 10.6 Å². The predicted molar refractivity (Wildman–Crippen MR) is 134 cm³/mol. The Morgan fingerprint density at radius 2 is 1.85 bits per heavy atom.